The fourth-order valence-electron chi connectivity index (χ4n) is 4.55. The lowest BCUT2D eigenvalue weighted by atomic mass is 9.89. The summed E-state index contributed by atoms with van der Waals surface area (Å²) in [6, 6.07) is 12.1. The third-order valence-electron chi connectivity index (χ3n) is 5.78. The van der Waals surface area contributed by atoms with Crippen LogP contribution in [-0.2, 0) is 22.4 Å². The Kier molecular flexibility index (Phi) is 4.19. The van der Waals surface area contributed by atoms with Gasteiger partial charge in [0.25, 0.3) is 11.8 Å². The molecule has 2 aromatic rings. The first-order valence-corrected chi connectivity index (χ1v) is 9.99. The molecule has 3 aliphatic heterocycles. The van der Waals surface area contributed by atoms with Crippen molar-refractivity contribution in [2.24, 2.45) is 0 Å². The van der Waals surface area contributed by atoms with Crippen LogP contribution in [-0.4, -0.2) is 30.9 Å². The summed E-state index contributed by atoms with van der Waals surface area (Å²) >= 11 is 0. The van der Waals surface area contributed by atoms with E-state index in [2.05, 4.69) is 22.3 Å². The summed E-state index contributed by atoms with van der Waals surface area (Å²) in [4.78, 5) is 41.2. The van der Waals surface area contributed by atoms with Gasteiger partial charge in [-0.1, -0.05) is 18.2 Å². The van der Waals surface area contributed by atoms with E-state index in [1.165, 1.54) is 16.8 Å². The van der Waals surface area contributed by atoms with Gasteiger partial charge < -0.3 is 4.90 Å². The van der Waals surface area contributed by atoms with Crippen LogP contribution < -0.4 is 15.1 Å². The maximum absolute atomic E-state index is 13.0. The molecule has 1 N–H and O–H groups in total. The topological polar surface area (TPSA) is 69.7 Å². The molecule has 6 nitrogen and oxygen atoms in total. The molecule has 146 valence electrons. The number of anilines is 2. The first-order valence-electron chi connectivity index (χ1n) is 9.99. The number of nitrogens with one attached hydrogen (secondary N) is 1. The number of carbonyl (C=O) groups excluding carboxylic acids is 3. The van der Waals surface area contributed by atoms with Gasteiger partial charge in [0.2, 0.25) is 0 Å². The summed E-state index contributed by atoms with van der Waals surface area (Å²) in [6.45, 7) is 2.19. The molecule has 4 amide bonds. The van der Waals surface area contributed by atoms with Crippen molar-refractivity contribution in [2.45, 2.75) is 25.7 Å². The van der Waals surface area contributed by atoms with E-state index >= 15 is 0 Å². The predicted molar refractivity (Wildman–Crippen MR) is 111 cm³/mol. The van der Waals surface area contributed by atoms with E-state index in [0.717, 1.165) is 49.2 Å². The second kappa shape index (κ2) is 6.88. The summed E-state index contributed by atoms with van der Waals surface area (Å²) in [7, 11) is 0. The minimum atomic E-state index is -0.723. The Labute approximate surface area is 168 Å². The molecular formula is C23H21N3O3. The Hall–Kier alpha value is -3.41. The zero-order chi connectivity index (χ0) is 20.0. The average Bonchev–Trinajstić information content (AvgIpc) is 2.72. The van der Waals surface area contributed by atoms with Gasteiger partial charge in [-0.3, -0.25) is 14.9 Å². The first-order chi connectivity index (χ1) is 14.1. The molecule has 0 bridgehead atoms. The van der Waals surface area contributed by atoms with Gasteiger partial charge in [-0.25, -0.2) is 9.69 Å². The van der Waals surface area contributed by atoms with Crippen LogP contribution in [0.15, 0.2) is 48.0 Å². The van der Waals surface area contributed by atoms with Crippen LogP contribution in [0.25, 0.3) is 6.08 Å². The molecule has 3 heterocycles. The van der Waals surface area contributed by atoms with E-state index in [-0.39, 0.29) is 5.57 Å². The number of aryl methyl sites for hydroxylation is 2. The lowest BCUT2D eigenvalue weighted by Gasteiger charge is -2.37. The van der Waals surface area contributed by atoms with Crippen molar-refractivity contribution in [3.05, 3.63) is 64.7 Å². The number of nitrogens with zero attached hydrogens (tertiary/aromatic N) is 2. The maximum atomic E-state index is 13.0. The van der Waals surface area contributed by atoms with Crippen LogP contribution in [0.3, 0.4) is 0 Å². The van der Waals surface area contributed by atoms with E-state index < -0.39 is 17.8 Å². The van der Waals surface area contributed by atoms with Crippen molar-refractivity contribution in [3.63, 3.8) is 0 Å². The molecule has 2 aromatic carbocycles. The molecule has 6 heteroatoms. The standard InChI is InChI=1S/C23H21N3O3/c27-21-19(22(28)26(23(29)24-21)18-8-2-1-3-9-18)14-15-12-16-6-4-10-25-11-5-7-17(13-15)20(16)25/h1-3,8-9,12-14H,4-7,10-11H2,(H,24,27,29)/b19-14+. The van der Waals surface area contributed by atoms with E-state index in [1.54, 1.807) is 36.4 Å². The minimum absolute atomic E-state index is 0.0240. The highest BCUT2D eigenvalue weighted by molar-refractivity contribution is 6.39. The highest BCUT2D eigenvalue weighted by Crippen LogP contribution is 2.36. The normalized spacial score (nSPS) is 20.0. The van der Waals surface area contributed by atoms with Crippen molar-refractivity contribution in [2.75, 3.05) is 22.9 Å². The van der Waals surface area contributed by atoms with E-state index in [0.29, 0.717) is 5.69 Å². The Bertz CT molecular complexity index is 1030. The molecule has 0 unspecified atom stereocenters. The SMILES string of the molecule is O=C1NC(=O)N(c2ccccc2)C(=O)/C1=C/c1cc2c3c(c1)CCCN3CCC2. The summed E-state index contributed by atoms with van der Waals surface area (Å²) in [5, 5.41) is 2.29. The Morgan fingerprint density at radius 3 is 2.21 bits per heavy atom. The van der Waals surface area contributed by atoms with E-state index in [4.69, 9.17) is 0 Å². The minimum Gasteiger partial charge on any atom is -0.371 e. The number of benzene rings is 2. The predicted octanol–water partition coefficient (Wildman–Crippen LogP) is 3.05. The molecule has 0 aromatic heterocycles. The van der Waals surface area contributed by atoms with Crippen molar-refractivity contribution < 1.29 is 14.4 Å². The van der Waals surface area contributed by atoms with Gasteiger partial charge in [-0.05, 0) is 72.7 Å². The molecule has 0 saturated carbocycles. The molecule has 0 aliphatic carbocycles. The number of barbiturate groups is 1. The number of urea groups is 1. The molecule has 0 spiro atoms. The van der Waals surface area contributed by atoms with E-state index in [9.17, 15) is 14.4 Å². The molecule has 0 radical (unpaired) electrons. The molecule has 0 atom stereocenters. The number of hydrogen-bond donors (Lipinski definition) is 1. The van der Waals surface area contributed by atoms with Crippen molar-refractivity contribution in [3.8, 4) is 0 Å². The van der Waals surface area contributed by atoms with Gasteiger partial charge in [0.1, 0.15) is 5.57 Å². The summed E-state index contributed by atoms with van der Waals surface area (Å²) in [5.74, 6) is -1.25. The number of para-hydroxylation sites is 1. The monoisotopic (exact) mass is 387 g/mol. The molecule has 5 rings (SSSR count). The summed E-state index contributed by atoms with van der Waals surface area (Å²) < 4.78 is 0. The second-order valence-electron chi connectivity index (χ2n) is 7.68. The Balaban J connectivity index is 1.55. The van der Waals surface area contributed by atoms with Gasteiger partial charge in [-0.2, -0.15) is 0 Å². The van der Waals surface area contributed by atoms with Crippen LogP contribution in [0.2, 0.25) is 0 Å². The van der Waals surface area contributed by atoms with Crippen LogP contribution in [0.4, 0.5) is 16.2 Å². The van der Waals surface area contributed by atoms with Crippen molar-refractivity contribution >= 4 is 35.3 Å². The van der Waals surface area contributed by atoms with Crippen LogP contribution >= 0.6 is 0 Å². The van der Waals surface area contributed by atoms with Crippen LogP contribution in [0.5, 0.6) is 0 Å². The van der Waals surface area contributed by atoms with Crippen LogP contribution in [0.1, 0.15) is 29.5 Å². The molecule has 3 aliphatic rings. The Morgan fingerprint density at radius 1 is 0.897 bits per heavy atom. The molecule has 1 fully saturated rings. The number of imide groups is 2. The number of rotatable bonds is 2. The number of hydrogen-bond acceptors (Lipinski definition) is 4. The number of carbonyl (C=O) groups is 3. The first kappa shape index (κ1) is 17.7. The van der Waals surface area contributed by atoms with Crippen LogP contribution in [0, 0.1) is 0 Å². The number of amides is 4. The smallest absolute Gasteiger partial charge is 0.335 e. The lowest BCUT2D eigenvalue weighted by molar-refractivity contribution is -0.122. The fourth-order valence-corrected chi connectivity index (χ4v) is 4.55. The zero-order valence-electron chi connectivity index (χ0n) is 16.0. The average molecular weight is 387 g/mol. The highest BCUT2D eigenvalue weighted by Gasteiger charge is 2.37. The van der Waals surface area contributed by atoms with Gasteiger partial charge in [0.15, 0.2) is 0 Å². The zero-order valence-corrected chi connectivity index (χ0v) is 16.0. The molecular weight excluding hydrogens is 366 g/mol. The van der Waals surface area contributed by atoms with Gasteiger partial charge in [0, 0.05) is 18.8 Å². The molecule has 1 saturated heterocycles. The fraction of sp³-hybridized carbons (Fsp3) is 0.261. The highest BCUT2D eigenvalue weighted by atomic mass is 16.2. The lowest BCUT2D eigenvalue weighted by Crippen LogP contribution is -2.54. The van der Waals surface area contributed by atoms with Gasteiger partial charge >= 0.3 is 6.03 Å². The van der Waals surface area contributed by atoms with Crippen molar-refractivity contribution in [1.29, 1.82) is 0 Å². The van der Waals surface area contributed by atoms with Gasteiger partial charge in [-0.15, -0.1) is 0 Å². The Morgan fingerprint density at radius 2 is 1.55 bits per heavy atom. The second-order valence-corrected chi connectivity index (χ2v) is 7.68. The maximum Gasteiger partial charge on any atom is 0.335 e. The van der Waals surface area contributed by atoms with E-state index in [1.807, 2.05) is 0 Å². The largest absolute Gasteiger partial charge is 0.371 e. The van der Waals surface area contributed by atoms with Crippen molar-refractivity contribution in [1.82, 2.24) is 5.32 Å². The molecule has 29 heavy (non-hydrogen) atoms. The third kappa shape index (κ3) is 3.01. The quantitative estimate of drug-likeness (QED) is 0.635. The van der Waals surface area contributed by atoms with Gasteiger partial charge in [0.05, 0.1) is 5.69 Å². The summed E-state index contributed by atoms with van der Waals surface area (Å²) in [6.07, 6.45) is 5.85. The summed E-state index contributed by atoms with van der Waals surface area (Å²) in [5.41, 5.74) is 5.14. The third-order valence-corrected chi connectivity index (χ3v) is 5.78.